The van der Waals surface area contributed by atoms with Crippen molar-refractivity contribution in [1.82, 2.24) is 0 Å². The summed E-state index contributed by atoms with van der Waals surface area (Å²) in [5.41, 5.74) is -1.49. The minimum absolute atomic E-state index is 0.0582. The van der Waals surface area contributed by atoms with E-state index in [2.05, 4.69) is 0 Å². The van der Waals surface area contributed by atoms with Gasteiger partial charge >= 0.3 is 25.4 Å². The lowest BCUT2D eigenvalue weighted by Crippen LogP contribution is -2.27. The molecule has 0 spiro atoms. The zero-order chi connectivity index (χ0) is 27.8. The molecule has 0 saturated heterocycles. The number of nitro groups is 1. The van der Waals surface area contributed by atoms with Gasteiger partial charge in [-0.15, -0.1) is 0 Å². The van der Waals surface area contributed by atoms with Crippen molar-refractivity contribution in [2.24, 2.45) is 0 Å². The number of carbonyl (C=O) groups is 1. The number of esters is 1. The first kappa shape index (κ1) is 30.4. The number of ether oxygens (including phenoxy) is 3. The van der Waals surface area contributed by atoms with Gasteiger partial charge in [0, 0.05) is 12.1 Å². The van der Waals surface area contributed by atoms with Crippen LogP contribution in [0.5, 0.6) is 17.2 Å². The third-order valence-electron chi connectivity index (χ3n) is 4.51. The smallest absolute Gasteiger partial charge is 0.416 e. The standard InChI is InChI=1S/C22H24ClF3NO9P/c1-4-33-37(31,34-5-2)11-10-32-21(28)14(3)35-20-13-16(7-8-18(20)27(29)30)36-19-9-6-15(12-17(19)23)22(24,25)26/h6-9,12-14H,4-5,10-11H2,1-3H3. The van der Waals surface area contributed by atoms with Crippen molar-refractivity contribution in [2.45, 2.75) is 33.1 Å². The summed E-state index contributed by atoms with van der Waals surface area (Å²) in [6.45, 7) is 4.47. The van der Waals surface area contributed by atoms with Crippen LogP contribution < -0.4 is 9.47 Å². The van der Waals surface area contributed by atoms with Crippen molar-refractivity contribution in [3.05, 3.63) is 57.1 Å². The number of halogens is 4. The fraction of sp³-hybridized carbons (Fsp3) is 0.409. The minimum Gasteiger partial charge on any atom is -0.472 e. The first-order valence-corrected chi connectivity index (χ1v) is 12.9. The van der Waals surface area contributed by atoms with E-state index in [4.69, 9.17) is 34.9 Å². The topological polar surface area (TPSA) is 123 Å². The second-order valence-corrected chi connectivity index (χ2v) is 9.82. The van der Waals surface area contributed by atoms with Gasteiger partial charge < -0.3 is 23.3 Å². The predicted molar refractivity (Wildman–Crippen MR) is 126 cm³/mol. The van der Waals surface area contributed by atoms with Crippen LogP contribution in [0.3, 0.4) is 0 Å². The largest absolute Gasteiger partial charge is 0.472 e. The number of benzene rings is 2. The summed E-state index contributed by atoms with van der Waals surface area (Å²) in [7, 11) is -3.45. The van der Waals surface area contributed by atoms with Crippen molar-refractivity contribution in [2.75, 3.05) is 26.0 Å². The van der Waals surface area contributed by atoms with Crippen LogP contribution in [0.2, 0.25) is 5.02 Å². The Balaban J connectivity index is 2.13. The summed E-state index contributed by atoms with van der Waals surface area (Å²) in [5, 5.41) is 11.1. The summed E-state index contributed by atoms with van der Waals surface area (Å²) in [4.78, 5) is 23.0. The van der Waals surface area contributed by atoms with Crippen molar-refractivity contribution < 1.29 is 50.7 Å². The lowest BCUT2D eigenvalue weighted by molar-refractivity contribution is -0.386. The molecule has 204 valence electrons. The highest BCUT2D eigenvalue weighted by Crippen LogP contribution is 2.47. The summed E-state index contributed by atoms with van der Waals surface area (Å²) in [5.74, 6) is -1.48. The van der Waals surface area contributed by atoms with Crippen LogP contribution in [0.1, 0.15) is 26.3 Å². The molecule has 0 aromatic heterocycles. The number of nitrogens with zero attached hydrogens (tertiary/aromatic N) is 1. The average molecular weight is 570 g/mol. The van der Waals surface area contributed by atoms with Crippen LogP contribution in [0.4, 0.5) is 18.9 Å². The van der Waals surface area contributed by atoms with Gasteiger partial charge in [-0.25, -0.2) is 4.79 Å². The third-order valence-corrected chi connectivity index (χ3v) is 6.84. The Hall–Kier alpha value is -2.86. The molecule has 0 aliphatic carbocycles. The van der Waals surface area contributed by atoms with Crippen LogP contribution in [0.25, 0.3) is 0 Å². The quantitative estimate of drug-likeness (QED) is 0.113. The maximum Gasteiger partial charge on any atom is 0.416 e. The molecule has 2 aromatic rings. The molecule has 0 saturated carbocycles. The van der Waals surface area contributed by atoms with E-state index in [-0.39, 0.29) is 48.3 Å². The highest BCUT2D eigenvalue weighted by Gasteiger charge is 2.31. The molecule has 2 aromatic carbocycles. The molecule has 15 heteroatoms. The number of hydrogen-bond acceptors (Lipinski definition) is 9. The zero-order valence-corrected chi connectivity index (χ0v) is 21.6. The molecule has 0 radical (unpaired) electrons. The number of hydrogen-bond donors (Lipinski definition) is 0. The summed E-state index contributed by atoms with van der Waals surface area (Å²) in [6, 6.07) is 5.72. The molecule has 0 bridgehead atoms. The van der Waals surface area contributed by atoms with Crippen LogP contribution in [-0.2, 0) is 29.3 Å². The number of rotatable bonds is 13. The molecule has 1 unspecified atom stereocenters. The Morgan fingerprint density at radius 2 is 1.76 bits per heavy atom. The van der Waals surface area contributed by atoms with Gasteiger partial charge in [-0.1, -0.05) is 11.6 Å². The van der Waals surface area contributed by atoms with E-state index in [0.29, 0.717) is 6.07 Å². The summed E-state index contributed by atoms with van der Waals surface area (Å²) < 4.78 is 77.1. The van der Waals surface area contributed by atoms with E-state index in [1.165, 1.54) is 13.0 Å². The lowest BCUT2D eigenvalue weighted by Gasteiger charge is -2.18. The second kappa shape index (κ2) is 13.1. The van der Waals surface area contributed by atoms with E-state index in [0.717, 1.165) is 24.3 Å². The van der Waals surface area contributed by atoms with E-state index >= 15 is 0 Å². The van der Waals surface area contributed by atoms with Crippen molar-refractivity contribution in [3.8, 4) is 17.2 Å². The molecule has 0 fully saturated rings. The summed E-state index contributed by atoms with van der Waals surface area (Å²) >= 11 is 5.89. The molecule has 10 nitrogen and oxygen atoms in total. The Labute approximate surface area is 215 Å². The predicted octanol–water partition coefficient (Wildman–Crippen LogP) is 6.64. The molecule has 0 aliphatic heterocycles. The maximum absolute atomic E-state index is 12.8. The first-order valence-electron chi connectivity index (χ1n) is 10.8. The van der Waals surface area contributed by atoms with Gasteiger partial charge in [0.1, 0.15) is 18.1 Å². The molecule has 0 aliphatic rings. The summed E-state index contributed by atoms with van der Waals surface area (Å²) in [6.07, 6.45) is -6.14. The third kappa shape index (κ3) is 8.89. The normalized spacial score (nSPS) is 12.6. The molecule has 0 heterocycles. The Morgan fingerprint density at radius 1 is 1.11 bits per heavy atom. The minimum atomic E-state index is -4.61. The van der Waals surface area contributed by atoms with Gasteiger partial charge in [-0.2, -0.15) is 13.2 Å². The van der Waals surface area contributed by atoms with Crippen molar-refractivity contribution in [3.63, 3.8) is 0 Å². The molecular weight excluding hydrogens is 546 g/mol. The number of nitro benzene ring substituents is 1. The van der Waals surface area contributed by atoms with Crippen molar-refractivity contribution >= 4 is 30.9 Å². The lowest BCUT2D eigenvalue weighted by atomic mass is 10.2. The van der Waals surface area contributed by atoms with E-state index < -0.39 is 42.0 Å². The molecule has 2 rings (SSSR count). The molecular formula is C22H24ClF3NO9P. The van der Waals surface area contributed by atoms with Gasteiger partial charge in [-0.3, -0.25) is 14.7 Å². The van der Waals surface area contributed by atoms with Crippen LogP contribution in [0.15, 0.2) is 36.4 Å². The monoisotopic (exact) mass is 569 g/mol. The molecule has 1 atom stereocenters. The van der Waals surface area contributed by atoms with Gasteiger partial charge in [0.25, 0.3) is 0 Å². The molecule has 37 heavy (non-hydrogen) atoms. The van der Waals surface area contributed by atoms with Gasteiger partial charge in [0.15, 0.2) is 6.10 Å². The Kier molecular flexibility index (Phi) is 10.7. The average Bonchev–Trinajstić information content (AvgIpc) is 2.79. The van der Waals surface area contributed by atoms with E-state index in [1.54, 1.807) is 13.8 Å². The van der Waals surface area contributed by atoms with E-state index in [1.807, 2.05) is 0 Å². The maximum atomic E-state index is 12.8. The SMILES string of the molecule is CCOP(=O)(CCOC(=O)C(C)Oc1cc(Oc2ccc(C(F)(F)F)cc2Cl)ccc1[N+](=O)[O-])OCC. The first-order chi connectivity index (χ1) is 17.3. The zero-order valence-electron chi connectivity index (χ0n) is 20.0. The highest BCUT2D eigenvalue weighted by atomic mass is 35.5. The Bertz CT molecular complexity index is 1150. The fourth-order valence-electron chi connectivity index (χ4n) is 2.86. The number of carbonyl (C=O) groups excluding carboxylic acids is 1. The second-order valence-electron chi connectivity index (χ2n) is 7.23. The van der Waals surface area contributed by atoms with Gasteiger partial charge in [-0.05, 0) is 45.0 Å². The van der Waals surface area contributed by atoms with Gasteiger partial charge in [0.05, 0.1) is 34.9 Å². The Morgan fingerprint density at radius 3 is 2.30 bits per heavy atom. The van der Waals surface area contributed by atoms with Crippen LogP contribution in [0, 0.1) is 10.1 Å². The fourth-order valence-corrected chi connectivity index (χ4v) is 4.52. The van der Waals surface area contributed by atoms with Crippen LogP contribution >= 0.6 is 19.2 Å². The number of alkyl halides is 3. The highest BCUT2D eigenvalue weighted by molar-refractivity contribution is 7.53. The van der Waals surface area contributed by atoms with Crippen molar-refractivity contribution in [1.29, 1.82) is 0 Å². The molecule has 0 amide bonds. The van der Waals surface area contributed by atoms with Gasteiger partial charge in [0.2, 0.25) is 5.75 Å². The van der Waals surface area contributed by atoms with E-state index in [9.17, 15) is 32.6 Å². The molecule has 0 N–H and O–H groups in total. The van der Waals surface area contributed by atoms with Crippen LogP contribution in [-0.4, -0.2) is 43.0 Å².